The second kappa shape index (κ2) is 6.99. The number of carbonyl (C=O) groups excluding carboxylic acids is 1. The van der Waals surface area contributed by atoms with Gasteiger partial charge in [-0.05, 0) is 42.3 Å². The number of ether oxygens (including phenoxy) is 1. The van der Waals surface area contributed by atoms with Gasteiger partial charge in [0, 0.05) is 5.02 Å². The molecule has 0 saturated heterocycles. The van der Waals surface area contributed by atoms with Gasteiger partial charge in [-0.1, -0.05) is 30.7 Å². The fourth-order valence-electron chi connectivity index (χ4n) is 1.80. The van der Waals surface area contributed by atoms with Crippen molar-refractivity contribution in [2.24, 2.45) is 0 Å². The van der Waals surface area contributed by atoms with E-state index in [-0.39, 0.29) is 12.5 Å². The lowest BCUT2D eigenvalue weighted by molar-refractivity contribution is -0.118. The van der Waals surface area contributed by atoms with Crippen LogP contribution >= 0.6 is 11.6 Å². The summed E-state index contributed by atoms with van der Waals surface area (Å²) in [6.07, 6.45) is 0.969. The molecule has 0 saturated carbocycles. The predicted molar refractivity (Wildman–Crippen MR) is 85.8 cm³/mol. The largest absolute Gasteiger partial charge is 0.484 e. The van der Waals surface area contributed by atoms with Gasteiger partial charge in [-0.15, -0.1) is 0 Å². The van der Waals surface area contributed by atoms with Gasteiger partial charge in [0.05, 0.1) is 11.4 Å². The number of aryl methyl sites for hydroxylation is 1. The Morgan fingerprint density at radius 2 is 1.95 bits per heavy atom. The summed E-state index contributed by atoms with van der Waals surface area (Å²) in [5.74, 6) is 0.384. The maximum absolute atomic E-state index is 11.8. The standard InChI is InChI=1S/C16H17ClN2O2/c1-2-11-3-6-13(7-4-11)21-10-16(20)19-15-8-5-12(17)9-14(15)18/h3-9H,2,10,18H2,1H3,(H,19,20). The third-order valence-electron chi connectivity index (χ3n) is 2.99. The average Bonchev–Trinajstić information content (AvgIpc) is 2.48. The number of anilines is 2. The number of hydrogen-bond acceptors (Lipinski definition) is 3. The van der Waals surface area contributed by atoms with E-state index in [0.717, 1.165) is 6.42 Å². The van der Waals surface area contributed by atoms with Crippen LogP contribution in [0.2, 0.25) is 5.02 Å². The maximum atomic E-state index is 11.8. The number of nitrogen functional groups attached to an aromatic ring is 1. The number of benzene rings is 2. The lowest BCUT2D eigenvalue weighted by Crippen LogP contribution is -2.20. The van der Waals surface area contributed by atoms with Crippen LogP contribution in [0.5, 0.6) is 5.75 Å². The van der Waals surface area contributed by atoms with Crippen molar-refractivity contribution in [3.05, 3.63) is 53.1 Å². The third kappa shape index (κ3) is 4.39. The Balaban J connectivity index is 1.89. The summed E-state index contributed by atoms with van der Waals surface area (Å²) in [6.45, 7) is 2.01. The van der Waals surface area contributed by atoms with Crippen LogP contribution in [0.15, 0.2) is 42.5 Å². The molecule has 5 heteroatoms. The number of amides is 1. The predicted octanol–water partition coefficient (Wildman–Crippen LogP) is 3.50. The first-order valence-corrected chi connectivity index (χ1v) is 7.03. The molecular formula is C16H17ClN2O2. The quantitative estimate of drug-likeness (QED) is 0.831. The van der Waals surface area contributed by atoms with E-state index in [1.807, 2.05) is 24.3 Å². The molecule has 0 bridgehead atoms. The Hall–Kier alpha value is -2.20. The zero-order valence-corrected chi connectivity index (χ0v) is 12.5. The monoisotopic (exact) mass is 304 g/mol. The third-order valence-corrected chi connectivity index (χ3v) is 3.22. The summed E-state index contributed by atoms with van der Waals surface area (Å²) < 4.78 is 5.42. The Labute approximate surface area is 128 Å². The first kappa shape index (κ1) is 15.2. The van der Waals surface area contributed by atoms with Crippen LogP contribution in [0.25, 0.3) is 0 Å². The fraction of sp³-hybridized carbons (Fsp3) is 0.188. The SMILES string of the molecule is CCc1ccc(OCC(=O)Nc2ccc(Cl)cc2N)cc1. The molecule has 0 aliphatic rings. The molecule has 1 amide bonds. The number of hydrogen-bond donors (Lipinski definition) is 2. The highest BCUT2D eigenvalue weighted by Crippen LogP contribution is 2.22. The highest BCUT2D eigenvalue weighted by atomic mass is 35.5. The molecule has 3 N–H and O–H groups in total. The summed E-state index contributed by atoms with van der Waals surface area (Å²) in [7, 11) is 0. The molecule has 0 unspecified atom stereocenters. The van der Waals surface area contributed by atoms with Crippen molar-refractivity contribution >= 4 is 28.9 Å². The second-order valence-electron chi connectivity index (χ2n) is 4.57. The Kier molecular flexibility index (Phi) is 5.06. The normalized spacial score (nSPS) is 10.2. The van der Waals surface area contributed by atoms with Crippen LogP contribution in [-0.4, -0.2) is 12.5 Å². The Morgan fingerprint density at radius 3 is 2.57 bits per heavy atom. The van der Waals surface area contributed by atoms with Gasteiger partial charge in [0.1, 0.15) is 5.75 Å². The van der Waals surface area contributed by atoms with Crippen molar-refractivity contribution in [1.82, 2.24) is 0 Å². The molecule has 21 heavy (non-hydrogen) atoms. The zero-order valence-electron chi connectivity index (χ0n) is 11.7. The van der Waals surface area contributed by atoms with Crippen molar-refractivity contribution in [3.63, 3.8) is 0 Å². The lowest BCUT2D eigenvalue weighted by atomic mass is 10.2. The van der Waals surface area contributed by atoms with Crippen LogP contribution in [0, 0.1) is 0 Å². The molecule has 0 aliphatic carbocycles. The van der Waals surface area contributed by atoms with E-state index in [1.54, 1.807) is 18.2 Å². The van der Waals surface area contributed by atoms with E-state index >= 15 is 0 Å². The molecule has 4 nitrogen and oxygen atoms in total. The first-order chi connectivity index (χ1) is 10.1. The molecule has 0 spiro atoms. The van der Waals surface area contributed by atoms with Crippen molar-refractivity contribution in [2.75, 3.05) is 17.7 Å². The number of nitrogens with two attached hydrogens (primary N) is 1. The molecular weight excluding hydrogens is 288 g/mol. The molecule has 0 fully saturated rings. The van der Waals surface area contributed by atoms with Gasteiger partial charge < -0.3 is 15.8 Å². The molecule has 110 valence electrons. The molecule has 0 aliphatic heterocycles. The summed E-state index contributed by atoms with van der Waals surface area (Å²) in [4.78, 5) is 11.8. The van der Waals surface area contributed by atoms with E-state index in [2.05, 4.69) is 12.2 Å². The van der Waals surface area contributed by atoms with Crippen molar-refractivity contribution in [3.8, 4) is 5.75 Å². The molecule has 0 aromatic heterocycles. The van der Waals surface area contributed by atoms with Crippen molar-refractivity contribution in [1.29, 1.82) is 0 Å². The van der Waals surface area contributed by atoms with E-state index in [9.17, 15) is 4.79 Å². The summed E-state index contributed by atoms with van der Waals surface area (Å²) in [5.41, 5.74) is 7.93. The maximum Gasteiger partial charge on any atom is 0.262 e. The average molecular weight is 305 g/mol. The molecule has 0 radical (unpaired) electrons. The van der Waals surface area contributed by atoms with Gasteiger partial charge in [-0.2, -0.15) is 0 Å². The van der Waals surface area contributed by atoms with Crippen LogP contribution < -0.4 is 15.8 Å². The molecule has 2 rings (SSSR count). The Morgan fingerprint density at radius 1 is 1.24 bits per heavy atom. The summed E-state index contributed by atoms with van der Waals surface area (Å²) in [5, 5.41) is 3.21. The van der Waals surface area contributed by atoms with Gasteiger partial charge >= 0.3 is 0 Å². The van der Waals surface area contributed by atoms with E-state index < -0.39 is 0 Å². The number of nitrogens with one attached hydrogen (secondary N) is 1. The fourth-order valence-corrected chi connectivity index (χ4v) is 1.98. The van der Waals surface area contributed by atoms with Crippen LogP contribution in [0.3, 0.4) is 0 Å². The Bertz CT molecular complexity index is 627. The van der Waals surface area contributed by atoms with Crippen LogP contribution in [-0.2, 0) is 11.2 Å². The van der Waals surface area contributed by atoms with Crippen molar-refractivity contribution in [2.45, 2.75) is 13.3 Å². The minimum absolute atomic E-state index is 0.0759. The lowest BCUT2D eigenvalue weighted by Gasteiger charge is -2.10. The van der Waals surface area contributed by atoms with Gasteiger partial charge in [-0.25, -0.2) is 0 Å². The van der Waals surface area contributed by atoms with Gasteiger partial charge in [-0.3, -0.25) is 4.79 Å². The molecule has 2 aromatic carbocycles. The zero-order chi connectivity index (χ0) is 15.2. The van der Waals surface area contributed by atoms with Crippen LogP contribution in [0.4, 0.5) is 11.4 Å². The van der Waals surface area contributed by atoms with E-state index in [0.29, 0.717) is 22.1 Å². The molecule has 2 aromatic rings. The number of halogens is 1. The van der Waals surface area contributed by atoms with Gasteiger partial charge in [0.25, 0.3) is 5.91 Å². The highest BCUT2D eigenvalue weighted by molar-refractivity contribution is 6.31. The molecule has 0 atom stereocenters. The minimum atomic E-state index is -0.274. The summed E-state index contributed by atoms with van der Waals surface area (Å²) in [6, 6.07) is 12.6. The number of rotatable bonds is 5. The number of carbonyl (C=O) groups is 1. The smallest absolute Gasteiger partial charge is 0.262 e. The first-order valence-electron chi connectivity index (χ1n) is 6.65. The van der Waals surface area contributed by atoms with E-state index in [4.69, 9.17) is 22.1 Å². The summed E-state index contributed by atoms with van der Waals surface area (Å²) >= 11 is 5.80. The topological polar surface area (TPSA) is 64.3 Å². The van der Waals surface area contributed by atoms with E-state index in [1.165, 1.54) is 5.56 Å². The minimum Gasteiger partial charge on any atom is -0.484 e. The second-order valence-corrected chi connectivity index (χ2v) is 5.00. The highest BCUT2D eigenvalue weighted by Gasteiger charge is 2.06. The van der Waals surface area contributed by atoms with Crippen molar-refractivity contribution < 1.29 is 9.53 Å². The van der Waals surface area contributed by atoms with Gasteiger partial charge in [0.2, 0.25) is 0 Å². The van der Waals surface area contributed by atoms with Crippen LogP contribution in [0.1, 0.15) is 12.5 Å². The molecule has 0 heterocycles. The van der Waals surface area contributed by atoms with Gasteiger partial charge in [0.15, 0.2) is 6.61 Å².